The van der Waals surface area contributed by atoms with E-state index >= 15 is 0 Å². The standard InChI is InChI=1S/C13H18N2/c1-3-12(14)8-10-4-5-11-6-7-15(2)13(11)9-10/h4-7,9,12H,3,8,14H2,1-2H3. The maximum absolute atomic E-state index is 5.96. The highest BCUT2D eigenvalue weighted by Crippen LogP contribution is 2.17. The first-order valence-corrected chi connectivity index (χ1v) is 5.50. The lowest BCUT2D eigenvalue weighted by molar-refractivity contribution is 0.646. The minimum absolute atomic E-state index is 0.280. The molecule has 80 valence electrons. The Hall–Kier alpha value is -1.28. The Bertz CT molecular complexity index is 457. The zero-order valence-electron chi connectivity index (χ0n) is 9.40. The summed E-state index contributed by atoms with van der Waals surface area (Å²) in [5.74, 6) is 0. The van der Waals surface area contributed by atoms with Crippen LogP contribution in [0.2, 0.25) is 0 Å². The molecule has 0 amide bonds. The molecule has 2 aromatic rings. The van der Waals surface area contributed by atoms with E-state index in [4.69, 9.17) is 5.73 Å². The monoisotopic (exact) mass is 202 g/mol. The minimum atomic E-state index is 0.280. The molecule has 0 aliphatic heterocycles. The molecule has 2 nitrogen and oxygen atoms in total. The summed E-state index contributed by atoms with van der Waals surface area (Å²) in [6, 6.07) is 9.01. The van der Waals surface area contributed by atoms with Crippen LogP contribution in [0.15, 0.2) is 30.5 Å². The lowest BCUT2D eigenvalue weighted by Gasteiger charge is -2.08. The van der Waals surface area contributed by atoms with Crippen LogP contribution in [0.25, 0.3) is 10.9 Å². The summed E-state index contributed by atoms with van der Waals surface area (Å²) in [7, 11) is 2.08. The molecule has 1 heterocycles. The van der Waals surface area contributed by atoms with Gasteiger partial charge >= 0.3 is 0 Å². The van der Waals surface area contributed by atoms with Gasteiger partial charge in [0.1, 0.15) is 0 Å². The SMILES string of the molecule is CCC(N)Cc1ccc2ccn(C)c2c1. The van der Waals surface area contributed by atoms with Crippen molar-refractivity contribution in [2.45, 2.75) is 25.8 Å². The Kier molecular flexibility index (Phi) is 2.78. The maximum Gasteiger partial charge on any atom is 0.0480 e. The van der Waals surface area contributed by atoms with Gasteiger partial charge in [0.25, 0.3) is 0 Å². The molecule has 15 heavy (non-hydrogen) atoms. The zero-order chi connectivity index (χ0) is 10.8. The normalized spacial score (nSPS) is 13.3. The molecule has 0 radical (unpaired) electrons. The molecule has 0 fully saturated rings. The Labute approximate surface area is 90.7 Å². The van der Waals surface area contributed by atoms with Gasteiger partial charge in [-0.3, -0.25) is 0 Å². The van der Waals surface area contributed by atoms with Crippen LogP contribution < -0.4 is 5.73 Å². The average molecular weight is 202 g/mol. The summed E-state index contributed by atoms with van der Waals surface area (Å²) in [4.78, 5) is 0. The molecule has 1 aromatic carbocycles. The van der Waals surface area contributed by atoms with Gasteiger partial charge in [-0.2, -0.15) is 0 Å². The number of benzene rings is 1. The van der Waals surface area contributed by atoms with Crippen molar-refractivity contribution < 1.29 is 0 Å². The molecule has 1 atom stereocenters. The quantitative estimate of drug-likeness (QED) is 0.814. The van der Waals surface area contributed by atoms with E-state index in [1.807, 2.05) is 0 Å². The number of hydrogen-bond acceptors (Lipinski definition) is 1. The first-order valence-electron chi connectivity index (χ1n) is 5.50. The smallest absolute Gasteiger partial charge is 0.0480 e. The largest absolute Gasteiger partial charge is 0.351 e. The van der Waals surface area contributed by atoms with Gasteiger partial charge < -0.3 is 10.3 Å². The number of fused-ring (bicyclic) bond motifs is 1. The summed E-state index contributed by atoms with van der Waals surface area (Å²) >= 11 is 0. The predicted molar refractivity (Wildman–Crippen MR) is 64.9 cm³/mol. The van der Waals surface area contributed by atoms with Crippen molar-refractivity contribution in [3.05, 3.63) is 36.0 Å². The van der Waals surface area contributed by atoms with Crippen LogP contribution in [-0.4, -0.2) is 10.6 Å². The van der Waals surface area contributed by atoms with E-state index in [1.165, 1.54) is 16.5 Å². The molecule has 0 aliphatic carbocycles. The summed E-state index contributed by atoms with van der Waals surface area (Å²) in [6.07, 6.45) is 4.09. The zero-order valence-corrected chi connectivity index (χ0v) is 9.40. The van der Waals surface area contributed by atoms with Crippen LogP contribution in [0.1, 0.15) is 18.9 Å². The second kappa shape index (κ2) is 4.07. The highest BCUT2D eigenvalue weighted by molar-refractivity contribution is 5.80. The van der Waals surface area contributed by atoms with Crippen molar-refractivity contribution in [2.75, 3.05) is 0 Å². The highest BCUT2D eigenvalue weighted by Gasteiger charge is 2.03. The number of rotatable bonds is 3. The van der Waals surface area contributed by atoms with Crippen LogP contribution in [0, 0.1) is 0 Å². The summed E-state index contributed by atoms with van der Waals surface area (Å²) in [5.41, 5.74) is 8.58. The molecular weight excluding hydrogens is 184 g/mol. The Balaban J connectivity index is 2.33. The lowest BCUT2D eigenvalue weighted by Crippen LogP contribution is -2.21. The third-order valence-electron chi connectivity index (χ3n) is 2.97. The van der Waals surface area contributed by atoms with Crippen molar-refractivity contribution in [3.63, 3.8) is 0 Å². The van der Waals surface area contributed by atoms with Crippen LogP contribution >= 0.6 is 0 Å². The van der Waals surface area contributed by atoms with E-state index in [0.29, 0.717) is 0 Å². The Morgan fingerprint density at radius 2 is 2.13 bits per heavy atom. The van der Waals surface area contributed by atoms with Gasteiger partial charge in [0, 0.05) is 24.8 Å². The summed E-state index contributed by atoms with van der Waals surface area (Å²) in [5, 5.41) is 1.30. The number of hydrogen-bond donors (Lipinski definition) is 1. The highest BCUT2D eigenvalue weighted by atomic mass is 14.9. The van der Waals surface area contributed by atoms with Gasteiger partial charge in [0.15, 0.2) is 0 Å². The molecule has 1 unspecified atom stereocenters. The maximum atomic E-state index is 5.96. The van der Waals surface area contributed by atoms with Crippen molar-refractivity contribution in [3.8, 4) is 0 Å². The number of aryl methyl sites for hydroxylation is 1. The van der Waals surface area contributed by atoms with Crippen LogP contribution in [0.5, 0.6) is 0 Å². The lowest BCUT2D eigenvalue weighted by atomic mass is 10.0. The first kappa shape index (κ1) is 10.2. The van der Waals surface area contributed by atoms with E-state index in [-0.39, 0.29) is 6.04 Å². The molecule has 2 N–H and O–H groups in total. The van der Waals surface area contributed by atoms with Gasteiger partial charge in [-0.05, 0) is 35.9 Å². The summed E-state index contributed by atoms with van der Waals surface area (Å²) < 4.78 is 2.15. The van der Waals surface area contributed by atoms with Crippen LogP contribution in [0.3, 0.4) is 0 Å². The number of aromatic nitrogens is 1. The first-order chi connectivity index (χ1) is 7.20. The minimum Gasteiger partial charge on any atom is -0.351 e. The Morgan fingerprint density at radius 3 is 2.87 bits per heavy atom. The number of nitrogens with zero attached hydrogens (tertiary/aromatic N) is 1. The van der Waals surface area contributed by atoms with Crippen molar-refractivity contribution in [2.24, 2.45) is 12.8 Å². The molecule has 0 saturated carbocycles. The van der Waals surface area contributed by atoms with Gasteiger partial charge in [0.2, 0.25) is 0 Å². The van der Waals surface area contributed by atoms with Crippen molar-refractivity contribution in [1.82, 2.24) is 4.57 Å². The van der Waals surface area contributed by atoms with Crippen molar-refractivity contribution in [1.29, 1.82) is 0 Å². The van der Waals surface area contributed by atoms with Gasteiger partial charge in [-0.15, -0.1) is 0 Å². The predicted octanol–water partition coefficient (Wildman–Crippen LogP) is 2.46. The average Bonchev–Trinajstić information content (AvgIpc) is 2.60. The fraction of sp³-hybridized carbons (Fsp3) is 0.385. The van der Waals surface area contributed by atoms with E-state index in [9.17, 15) is 0 Å². The van der Waals surface area contributed by atoms with E-state index in [1.54, 1.807) is 0 Å². The topological polar surface area (TPSA) is 30.9 Å². The third-order valence-corrected chi connectivity index (χ3v) is 2.97. The fourth-order valence-corrected chi connectivity index (χ4v) is 1.88. The molecule has 0 spiro atoms. The summed E-state index contributed by atoms with van der Waals surface area (Å²) in [6.45, 7) is 2.13. The van der Waals surface area contributed by atoms with E-state index in [0.717, 1.165) is 12.8 Å². The molecule has 0 saturated heterocycles. The van der Waals surface area contributed by atoms with Crippen LogP contribution in [0.4, 0.5) is 0 Å². The molecule has 2 heteroatoms. The van der Waals surface area contributed by atoms with Gasteiger partial charge in [-0.25, -0.2) is 0 Å². The second-order valence-electron chi connectivity index (χ2n) is 4.19. The Morgan fingerprint density at radius 1 is 1.33 bits per heavy atom. The van der Waals surface area contributed by atoms with E-state index < -0.39 is 0 Å². The molecule has 0 bridgehead atoms. The molecule has 0 aliphatic rings. The van der Waals surface area contributed by atoms with Gasteiger partial charge in [0.05, 0.1) is 0 Å². The molecular formula is C13H18N2. The van der Waals surface area contributed by atoms with E-state index in [2.05, 4.69) is 49.0 Å². The molecule has 1 aromatic heterocycles. The third kappa shape index (κ3) is 2.05. The number of nitrogens with two attached hydrogens (primary N) is 1. The second-order valence-corrected chi connectivity index (χ2v) is 4.19. The van der Waals surface area contributed by atoms with Crippen LogP contribution in [-0.2, 0) is 13.5 Å². The molecule has 2 rings (SSSR count). The van der Waals surface area contributed by atoms with Crippen molar-refractivity contribution >= 4 is 10.9 Å². The van der Waals surface area contributed by atoms with Gasteiger partial charge in [-0.1, -0.05) is 19.1 Å². The fourth-order valence-electron chi connectivity index (χ4n) is 1.88.